The highest BCUT2D eigenvalue weighted by molar-refractivity contribution is 5.90. The number of hydrogen-bond donors (Lipinski definition) is 2. The lowest BCUT2D eigenvalue weighted by molar-refractivity contribution is -0.152. The molecule has 1 amide bonds. The van der Waals surface area contributed by atoms with Gasteiger partial charge in [0.05, 0.1) is 5.52 Å². The van der Waals surface area contributed by atoms with E-state index in [4.69, 9.17) is 4.74 Å². The first-order chi connectivity index (χ1) is 13.7. The van der Waals surface area contributed by atoms with Gasteiger partial charge in [-0.3, -0.25) is 4.79 Å². The molecule has 2 aromatic carbocycles. The maximum Gasteiger partial charge on any atom is 0.347 e. The molecule has 3 aromatic rings. The highest BCUT2D eigenvalue weighted by Gasteiger charge is 2.29. The van der Waals surface area contributed by atoms with Gasteiger partial charge in [-0.25, -0.2) is 4.79 Å². The Morgan fingerprint density at radius 1 is 1.10 bits per heavy atom. The highest BCUT2D eigenvalue weighted by atomic mass is 16.5. The van der Waals surface area contributed by atoms with E-state index in [2.05, 4.69) is 22.9 Å². The summed E-state index contributed by atoms with van der Waals surface area (Å²) in [5.74, 6) is -0.593. The van der Waals surface area contributed by atoms with Crippen LogP contribution >= 0.6 is 0 Å². The van der Waals surface area contributed by atoms with Crippen molar-refractivity contribution in [3.05, 3.63) is 48.5 Å². The van der Waals surface area contributed by atoms with Crippen LogP contribution in [0.1, 0.15) is 34.1 Å². The Hall–Kier alpha value is -3.28. The summed E-state index contributed by atoms with van der Waals surface area (Å²) in [5, 5.41) is 13.2. The van der Waals surface area contributed by atoms with Gasteiger partial charge in [0, 0.05) is 36.3 Å². The number of anilines is 1. The molecule has 1 aromatic heterocycles. The summed E-state index contributed by atoms with van der Waals surface area (Å²) in [7, 11) is 0. The maximum absolute atomic E-state index is 11.4. The molecule has 3 rings (SSSR count). The van der Waals surface area contributed by atoms with Crippen LogP contribution in [-0.2, 0) is 16.1 Å². The smallest absolute Gasteiger partial charge is 0.347 e. The third kappa shape index (κ3) is 4.42. The van der Waals surface area contributed by atoms with E-state index in [0.29, 0.717) is 5.75 Å². The second-order valence-electron chi connectivity index (χ2n) is 7.58. The summed E-state index contributed by atoms with van der Waals surface area (Å²) >= 11 is 0. The minimum absolute atomic E-state index is 0.102. The lowest BCUT2D eigenvalue weighted by Crippen LogP contribution is -2.37. The topological polar surface area (TPSA) is 80.6 Å². The molecular formula is C23H26N2O4. The van der Waals surface area contributed by atoms with Crippen molar-refractivity contribution in [1.82, 2.24) is 4.57 Å². The molecule has 0 radical (unpaired) electrons. The number of benzene rings is 2. The van der Waals surface area contributed by atoms with Crippen LogP contribution < -0.4 is 10.1 Å². The Morgan fingerprint density at radius 2 is 1.79 bits per heavy atom. The number of hydrogen-bond acceptors (Lipinski definition) is 3. The molecule has 6 heteroatoms. The molecule has 0 saturated carbocycles. The van der Waals surface area contributed by atoms with Crippen LogP contribution in [0.15, 0.2) is 48.5 Å². The molecular weight excluding hydrogens is 368 g/mol. The second kappa shape index (κ2) is 7.99. The normalized spacial score (nSPS) is 11.4. The van der Waals surface area contributed by atoms with Gasteiger partial charge in [0.2, 0.25) is 5.91 Å². The Labute approximate surface area is 170 Å². The molecule has 0 spiro atoms. The molecule has 0 saturated heterocycles. The summed E-state index contributed by atoms with van der Waals surface area (Å²) in [6.07, 6.45) is 0.951. The van der Waals surface area contributed by atoms with Crippen molar-refractivity contribution < 1.29 is 19.4 Å². The number of carboxylic acid groups (broad SMARTS) is 1. The first kappa shape index (κ1) is 20.5. The fraction of sp³-hybridized carbons (Fsp3) is 0.304. The van der Waals surface area contributed by atoms with Gasteiger partial charge in [0.1, 0.15) is 5.75 Å². The number of ether oxygens (including phenoxy) is 1. The molecule has 2 N–H and O–H groups in total. The van der Waals surface area contributed by atoms with Gasteiger partial charge in [-0.05, 0) is 56.2 Å². The Balaban J connectivity index is 2.03. The van der Waals surface area contributed by atoms with Crippen LogP contribution in [0.5, 0.6) is 5.75 Å². The lowest BCUT2D eigenvalue weighted by atomic mass is 10.1. The fourth-order valence-electron chi connectivity index (χ4n) is 3.27. The third-order valence-corrected chi connectivity index (χ3v) is 4.71. The molecule has 0 fully saturated rings. The quantitative estimate of drug-likeness (QED) is 0.596. The van der Waals surface area contributed by atoms with Crippen molar-refractivity contribution in [2.24, 2.45) is 0 Å². The van der Waals surface area contributed by atoms with Gasteiger partial charge in [-0.1, -0.05) is 19.1 Å². The largest absolute Gasteiger partial charge is 0.478 e. The molecule has 0 aliphatic carbocycles. The zero-order valence-electron chi connectivity index (χ0n) is 17.2. The van der Waals surface area contributed by atoms with Gasteiger partial charge in [0.25, 0.3) is 0 Å². The van der Waals surface area contributed by atoms with E-state index >= 15 is 0 Å². The van der Waals surface area contributed by atoms with E-state index in [9.17, 15) is 14.7 Å². The number of amides is 1. The van der Waals surface area contributed by atoms with Crippen molar-refractivity contribution in [3.8, 4) is 17.0 Å². The minimum Gasteiger partial charge on any atom is -0.478 e. The number of aliphatic carboxylic acids is 1. The molecule has 1 heterocycles. The number of fused-ring (bicyclic) bond motifs is 1. The number of carboxylic acids is 1. The van der Waals surface area contributed by atoms with Gasteiger partial charge >= 0.3 is 5.97 Å². The predicted octanol–water partition coefficient (Wildman–Crippen LogP) is 4.92. The van der Waals surface area contributed by atoms with Crippen molar-refractivity contribution in [1.29, 1.82) is 0 Å². The van der Waals surface area contributed by atoms with Crippen LogP contribution in [0, 0.1) is 0 Å². The van der Waals surface area contributed by atoms with Gasteiger partial charge in [-0.2, -0.15) is 0 Å². The molecule has 0 unspecified atom stereocenters. The number of nitrogens with zero attached hydrogens (tertiary/aromatic N) is 1. The average Bonchev–Trinajstić information content (AvgIpc) is 3.00. The van der Waals surface area contributed by atoms with E-state index < -0.39 is 11.6 Å². The summed E-state index contributed by atoms with van der Waals surface area (Å²) in [6.45, 7) is 7.49. The first-order valence-corrected chi connectivity index (χ1v) is 9.65. The number of carbonyl (C=O) groups excluding carboxylic acids is 1. The number of aromatic nitrogens is 1. The summed E-state index contributed by atoms with van der Waals surface area (Å²) < 4.78 is 7.93. The summed E-state index contributed by atoms with van der Waals surface area (Å²) in [6, 6.07) is 15.5. The third-order valence-electron chi connectivity index (χ3n) is 4.71. The number of carbonyl (C=O) groups is 2. The summed E-state index contributed by atoms with van der Waals surface area (Å²) in [5.41, 5.74) is 2.54. The van der Waals surface area contributed by atoms with E-state index in [0.717, 1.165) is 40.8 Å². The molecule has 0 bridgehead atoms. The van der Waals surface area contributed by atoms with E-state index in [1.54, 1.807) is 6.07 Å². The lowest BCUT2D eigenvalue weighted by Gasteiger charge is -2.21. The summed E-state index contributed by atoms with van der Waals surface area (Å²) in [4.78, 5) is 22.6. The van der Waals surface area contributed by atoms with Gasteiger partial charge in [0.15, 0.2) is 5.60 Å². The van der Waals surface area contributed by atoms with Crippen LogP contribution in [0.25, 0.3) is 22.2 Å². The number of nitrogens with one attached hydrogen (secondary N) is 1. The zero-order valence-corrected chi connectivity index (χ0v) is 17.2. The Bertz CT molecular complexity index is 1050. The molecule has 6 nitrogen and oxygen atoms in total. The molecule has 152 valence electrons. The monoisotopic (exact) mass is 394 g/mol. The number of aryl methyl sites for hydroxylation is 1. The SMILES string of the molecule is CCCn1c(-c2ccc(NC(C)=O)cc2)cc2ccc(OC(C)(C)C(=O)O)cc21. The van der Waals surface area contributed by atoms with Crippen molar-refractivity contribution in [2.45, 2.75) is 46.3 Å². The molecule has 0 atom stereocenters. The fourth-order valence-corrected chi connectivity index (χ4v) is 3.27. The van der Waals surface area contributed by atoms with Gasteiger partial charge < -0.3 is 19.7 Å². The van der Waals surface area contributed by atoms with E-state index in [1.807, 2.05) is 36.4 Å². The van der Waals surface area contributed by atoms with Crippen LogP contribution in [0.2, 0.25) is 0 Å². The standard InChI is InChI=1S/C23H26N2O4/c1-5-12-25-20(16-6-9-18(10-7-16)24-15(2)26)13-17-8-11-19(14-21(17)25)29-23(3,4)22(27)28/h6-11,13-14H,5,12H2,1-4H3,(H,24,26)(H,27,28). The number of rotatable bonds is 7. The Kier molecular flexibility index (Phi) is 5.64. The first-order valence-electron chi connectivity index (χ1n) is 9.65. The van der Waals surface area contributed by atoms with E-state index in [1.165, 1.54) is 20.8 Å². The highest BCUT2D eigenvalue weighted by Crippen LogP contribution is 2.32. The van der Waals surface area contributed by atoms with E-state index in [-0.39, 0.29) is 5.91 Å². The molecule has 0 aliphatic rings. The molecule has 29 heavy (non-hydrogen) atoms. The predicted molar refractivity (Wildman–Crippen MR) is 114 cm³/mol. The van der Waals surface area contributed by atoms with Crippen LogP contribution in [-0.4, -0.2) is 27.2 Å². The second-order valence-corrected chi connectivity index (χ2v) is 7.58. The van der Waals surface area contributed by atoms with Crippen molar-refractivity contribution in [2.75, 3.05) is 5.32 Å². The maximum atomic E-state index is 11.4. The van der Waals surface area contributed by atoms with Crippen LogP contribution in [0.3, 0.4) is 0 Å². The minimum atomic E-state index is -1.31. The molecule has 0 aliphatic heterocycles. The van der Waals surface area contributed by atoms with Crippen LogP contribution in [0.4, 0.5) is 5.69 Å². The average molecular weight is 394 g/mol. The zero-order chi connectivity index (χ0) is 21.2. The Morgan fingerprint density at radius 3 is 2.38 bits per heavy atom. The van der Waals surface area contributed by atoms with Crippen molar-refractivity contribution in [3.63, 3.8) is 0 Å². The van der Waals surface area contributed by atoms with Gasteiger partial charge in [-0.15, -0.1) is 0 Å². The van der Waals surface area contributed by atoms with Crippen molar-refractivity contribution >= 4 is 28.5 Å².